The first-order valence-electron chi connectivity index (χ1n) is 4.43. The highest BCUT2D eigenvalue weighted by molar-refractivity contribution is 5.85. The van der Waals surface area contributed by atoms with Crippen molar-refractivity contribution in [3.8, 4) is 0 Å². The fourth-order valence-electron chi connectivity index (χ4n) is 1.49. The molecule has 0 spiro atoms. The van der Waals surface area contributed by atoms with Crippen LogP contribution in [0.2, 0.25) is 0 Å². The molecule has 0 unspecified atom stereocenters. The normalized spacial score (nSPS) is 11.6. The summed E-state index contributed by atoms with van der Waals surface area (Å²) < 4.78 is 0. The molecule has 3 N–H and O–H groups in total. The number of aromatic nitrogens is 2. The first-order valence-corrected chi connectivity index (χ1v) is 4.43. The molecule has 1 aromatic heterocycles. The summed E-state index contributed by atoms with van der Waals surface area (Å²) >= 11 is 0. The minimum absolute atomic E-state index is 0. The number of hydrogen-bond acceptors (Lipinski definition) is 2. The molecule has 0 amide bonds. The van der Waals surface area contributed by atoms with Crippen LogP contribution in [0.1, 0.15) is 12.5 Å². The van der Waals surface area contributed by atoms with Gasteiger partial charge in [-0.05, 0) is 31.0 Å². The van der Waals surface area contributed by atoms with Crippen LogP contribution in [0.5, 0.6) is 0 Å². The zero-order chi connectivity index (χ0) is 9.26. The number of nitrogens with zero attached hydrogens (tertiary/aromatic N) is 1. The number of rotatable bonds is 2. The smallest absolute Gasteiger partial charge is 0.0650 e. The Hall–Kier alpha value is -0.770. The van der Waals surface area contributed by atoms with E-state index >= 15 is 0 Å². The van der Waals surface area contributed by atoms with Crippen LogP contribution in [0.25, 0.3) is 10.9 Å². The van der Waals surface area contributed by atoms with Crippen molar-refractivity contribution >= 4 is 35.7 Å². The monoisotopic (exact) mass is 247 g/mol. The van der Waals surface area contributed by atoms with Gasteiger partial charge in [-0.1, -0.05) is 6.07 Å². The predicted molar refractivity (Wildman–Crippen MR) is 67.9 cm³/mol. The minimum atomic E-state index is 0. The van der Waals surface area contributed by atoms with E-state index in [0.29, 0.717) is 0 Å². The third kappa shape index (κ3) is 3.38. The van der Waals surface area contributed by atoms with Gasteiger partial charge < -0.3 is 5.73 Å². The van der Waals surface area contributed by atoms with Crippen molar-refractivity contribution in [3.05, 3.63) is 30.0 Å². The molecule has 0 radical (unpaired) electrons. The number of aromatic amines is 1. The summed E-state index contributed by atoms with van der Waals surface area (Å²) in [5.74, 6) is 0. The Balaban J connectivity index is 0.000000980. The van der Waals surface area contributed by atoms with Crippen LogP contribution >= 0.6 is 24.8 Å². The van der Waals surface area contributed by atoms with Gasteiger partial charge >= 0.3 is 0 Å². The second-order valence-corrected chi connectivity index (χ2v) is 3.47. The molecule has 1 heterocycles. The van der Waals surface area contributed by atoms with Gasteiger partial charge in [-0.15, -0.1) is 24.8 Å². The highest BCUT2D eigenvalue weighted by Gasteiger charge is 2.00. The number of benzene rings is 1. The molecular formula is C10H15Cl2N3. The van der Waals surface area contributed by atoms with E-state index in [4.69, 9.17) is 5.73 Å². The Bertz CT molecular complexity index is 412. The van der Waals surface area contributed by atoms with Crippen LogP contribution in [0.3, 0.4) is 0 Å². The molecule has 1 aromatic carbocycles. The first kappa shape index (κ1) is 14.2. The van der Waals surface area contributed by atoms with Gasteiger partial charge in [0.05, 0.1) is 11.7 Å². The van der Waals surface area contributed by atoms with E-state index in [0.717, 1.165) is 17.3 Å². The van der Waals surface area contributed by atoms with Crippen molar-refractivity contribution in [2.75, 3.05) is 0 Å². The van der Waals surface area contributed by atoms with Crippen LogP contribution in [0.4, 0.5) is 0 Å². The highest BCUT2D eigenvalue weighted by Crippen LogP contribution is 2.13. The molecule has 1 atom stereocenters. The quantitative estimate of drug-likeness (QED) is 0.856. The van der Waals surface area contributed by atoms with Crippen molar-refractivity contribution in [1.29, 1.82) is 0 Å². The molecule has 0 aliphatic rings. The second-order valence-electron chi connectivity index (χ2n) is 3.47. The molecule has 5 heteroatoms. The lowest BCUT2D eigenvalue weighted by Crippen LogP contribution is -2.17. The summed E-state index contributed by atoms with van der Waals surface area (Å²) in [5.41, 5.74) is 8.07. The number of nitrogens with two attached hydrogens (primary N) is 1. The van der Waals surface area contributed by atoms with Crippen molar-refractivity contribution in [3.63, 3.8) is 0 Å². The van der Waals surface area contributed by atoms with Gasteiger partial charge in [0, 0.05) is 11.4 Å². The zero-order valence-corrected chi connectivity index (χ0v) is 10.1. The average molecular weight is 248 g/mol. The zero-order valence-electron chi connectivity index (χ0n) is 8.43. The van der Waals surface area contributed by atoms with Crippen molar-refractivity contribution in [2.24, 2.45) is 5.73 Å². The summed E-state index contributed by atoms with van der Waals surface area (Å²) in [6, 6.07) is 6.47. The summed E-state index contributed by atoms with van der Waals surface area (Å²) in [6.07, 6.45) is 2.75. The van der Waals surface area contributed by atoms with Crippen LogP contribution < -0.4 is 5.73 Å². The maximum absolute atomic E-state index is 5.72. The summed E-state index contributed by atoms with van der Waals surface area (Å²) in [7, 11) is 0. The Kier molecular flexibility index (Phi) is 5.65. The Morgan fingerprint density at radius 1 is 1.40 bits per heavy atom. The number of fused-ring (bicyclic) bond motifs is 1. The van der Waals surface area contributed by atoms with E-state index in [1.54, 1.807) is 0 Å². The van der Waals surface area contributed by atoms with Gasteiger partial charge in [0.25, 0.3) is 0 Å². The van der Waals surface area contributed by atoms with Gasteiger partial charge in [0.2, 0.25) is 0 Å². The predicted octanol–water partition coefficient (Wildman–Crippen LogP) is 2.30. The summed E-state index contributed by atoms with van der Waals surface area (Å²) in [4.78, 5) is 0. The van der Waals surface area contributed by atoms with Crippen LogP contribution in [0.15, 0.2) is 24.4 Å². The summed E-state index contributed by atoms with van der Waals surface area (Å²) in [5, 5.41) is 8.04. The SMILES string of the molecule is C[C@@H](N)Cc1ccc2[nH]ncc2c1.Cl.Cl. The van der Waals surface area contributed by atoms with Gasteiger partial charge in [0.1, 0.15) is 0 Å². The van der Waals surface area contributed by atoms with Gasteiger partial charge in [-0.2, -0.15) is 5.10 Å². The molecule has 3 nitrogen and oxygen atoms in total. The minimum Gasteiger partial charge on any atom is -0.328 e. The van der Waals surface area contributed by atoms with E-state index in [-0.39, 0.29) is 30.9 Å². The maximum Gasteiger partial charge on any atom is 0.0650 e. The van der Waals surface area contributed by atoms with Crippen molar-refractivity contribution in [1.82, 2.24) is 10.2 Å². The average Bonchev–Trinajstić information content (AvgIpc) is 2.49. The number of hydrogen-bond donors (Lipinski definition) is 2. The summed E-state index contributed by atoms with van der Waals surface area (Å²) in [6.45, 7) is 2.01. The Morgan fingerprint density at radius 2 is 2.13 bits per heavy atom. The lowest BCUT2D eigenvalue weighted by Gasteiger charge is -2.04. The molecule has 2 aromatic rings. The fraction of sp³-hybridized carbons (Fsp3) is 0.300. The topological polar surface area (TPSA) is 54.7 Å². The molecule has 84 valence electrons. The molecule has 0 saturated heterocycles. The lowest BCUT2D eigenvalue weighted by molar-refractivity contribution is 0.739. The van der Waals surface area contributed by atoms with Gasteiger partial charge in [0.15, 0.2) is 0 Å². The van der Waals surface area contributed by atoms with Crippen molar-refractivity contribution in [2.45, 2.75) is 19.4 Å². The lowest BCUT2D eigenvalue weighted by atomic mass is 10.1. The van der Waals surface area contributed by atoms with Crippen LogP contribution in [-0.4, -0.2) is 16.2 Å². The molecule has 15 heavy (non-hydrogen) atoms. The van der Waals surface area contributed by atoms with E-state index in [9.17, 15) is 0 Å². The third-order valence-corrected chi connectivity index (χ3v) is 2.06. The number of H-pyrrole nitrogens is 1. The number of nitrogens with one attached hydrogen (secondary N) is 1. The fourth-order valence-corrected chi connectivity index (χ4v) is 1.49. The van der Waals surface area contributed by atoms with Crippen LogP contribution in [0, 0.1) is 0 Å². The van der Waals surface area contributed by atoms with Crippen LogP contribution in [-0.2, 0) is 6.42 Å². The van der Waals surface area contributed by atoms with Gasteiger partial charge in [-0.3, -0.25) is 5.10 Å². The molecule has 0 saturated carbocycles. The Morgan fingerprint density at radius 3 is 2.80 bits per heavy atom. The van der Waals surface area contributed by atoms with Gasteiger partial charge in [-0.25, -0.2) is 0 Å². The molecule has 0 bridgehead atoms. The molecule has 0 aliphatic carbocycles. The van der Waals surface area contributed by atoms with E-state index < -0.39 is 0 Å². The third-order valence-electron chi connectivity index (χ3n) is 2.06. The molecule has 0 aliphatic heterocycles. The van der Waals surface area contributed by atoms with E-state index in [1.807, 2.05) is 19.2 Å². The molecule has 0 fully saturated rings. The van der Waals surface area contributed by atoms with E-state index in [1.165, 1.54) is 5.56 Å². The first-order chi connectivity index (χ1) is 6.25. The molecule has 2 rings (SSSR count). The highest BCUT2D eigenvalue weighted by atomic mass is 35.5. The largest absolute Gasteiger partial charge is 0.328 e. The Labute approximate surface area is 101 Å². The maximum atomic E-state index is 5.72. The van der Waals surface area contributed by atoms with E-state index in [2.05, 4.69) is 22.3 Å². The second kappa shape index (κ2) is 5.95. The standard InChI is InChI=1S/C10H13N3.2ClH/c1-7(11)4-8-2-3-10-9(5-8)6-12-13-10;;/h2-3,5-7H,4,11H2,1H3,(H,12,13);2*1H/t7-;;/m1../s1. The molecular weight excluding hydrogens is 233 g/mol. The number of halogens is 2. The van der Waals surface area contributed by atoms with Crippen molar-refractivity contribution < 1.29 is 0 Å².